The summed E-state index contributed by atoms with van der Waals surface area (Å²) in [6.07, 6.45) is 4.60. The number of carbonyl (C=O) groups is 2. The molecule has 1 aromatic carbocycles. The fourth-order valence-electron chi connectivity index (χ4n) is 4.90. The molecule has 138 valence electrons. The van der Waals surface area contributed by atoms with E-state index in [-0.39, 0.29) is 5.91 Å². The molecule has 5 rings (SSSR count). The summed E-state index contributed by atoms with van der Waals surface area (Å²) in [5.74, 6) is 0.220. The van der Waals surface area contributed by atoms with Gasteiger partial charge in [0.05, 0.1) is 11.0 Å². The van der Waals surface area contributed by atoms with E-state index in [0.29, 0.717) is 17.9 Å². The number of benzene rings is 1. The van der Waals surface area contributed by atoms with E-state index in [1.165, 1.54) is 0 Å². The molecule has 1 atom stereocenters. The third-order valence-corrected chi connectivity index (χ3v) is 6.21. The highest BCUT2D eigenvalue weighted by molar-refractivity contribution is 6.07. The van der Waals surface area contributed by atoms with Gasteiger partial charge >= 0.3 is 0 Å². The Morgan fingerprint density at radius 3 is 2.93 bits per heavy atom. The van der Waals surface area contributed by atoms with Crippen LogP contribution in [0.1, 0.15) is 46.4 Å². The van der Waals surface area contributed by atoms with Crippen molar-refractivity contribution in [3.63, 3.8) is 0 Å². The molecule has 0 bridgehead atoms. The van der Waals surface area contributed by atoms with Crippen molar-refractivity contribution in [1.29, 1.82) is 0 Å². The quantitative estimate of drug-likeness (QED) is 0.857. The summed E-state index contributed by atoms with van der Waals surface area (Å²) >= 11 is 0. The number of hydrogen-bond donors (Lipinski definition) is 2. The number of para-hydroxylation sites is 1. The van der Waals surface area contributed by atoms with Crippen molar-refractivity contribution >= 4 is 23.3 Å². The second kappa shape index (κ2) is 5.81. The van der Waals surface area contributed by atoms with Crippen molar-refractivity contribution < 1.29 is 9.59 Å². The van der Waals surface area contributed by atoms with E-state index in [2.05, 4.69) is 10.2 Å². The summed E-state index contributed by atoms with van der Waals surface area (Å²) in [5.41, 5.74) is 9.68. The maximum atomic E-state index is 12.9. The lowest BCUT2D eigenvalue weighted by atomic mass is 9.75. The normalized spacial score (nSPS) is 23.3. The number of primary amides is 1. The van der Waals surface area contributed by atoms with Crippen molar-refractivity contribution in [2.75, 3.05) is 23.3 Å². The maximum Gasteiger partial charge on any atom is 0.252 e. The standard InChI is InChI=1S/C21H22N4O2/c22-18(26)14-11-13-5-3-8-16(13)23-19(14)25-10-4-9-21(12-25)15-6-1-2-7-17(15)24-20(21)27/h1-2,6-7,11H,3-5,8-10,12H2,(H2,22,26)(H,24,27). The van der Waals surface area contributed by atoms with Gasteiger partial charge in [-0.3, -0.25) is 9.59 Å². The summed E-state index contributed by atoms with van der Waals surface area (Å²) in [4.78, 5) is 32.0. The van der Waals surface area contributed by atoms with Crippen molar-refractivity contribution in [1.82, 2.24) is 4.98 Å². The van der Waals surface area contributed by atoms with E-state index in [1.54, 1.807) is 0 Å². The number of rotatable bonds is 2. The zero-order chi connectivity index (χ0) is 18.6. The minimum Gasteiger partial charge on any atom is -0.365 e. The van der Waals surface area contributed by atoms with Gasteiger partial charge in [-0.15, -0.1) is 0 Å². The molecule has 0 saturated carbocycles. The van der Waals surface area contributed by atoms with E-state index in [0.717, 1.165) is 61.2 Å². The van der Waals surface area contributed by atoms with Gasteiger partial charge < -0.3 is 16.0 Å². The first-order chi connectivity index (χ1) is 13.1. The number of anilines is 2. The van der Waals surface area contributed by atoms with Gasteiger partial charge in [-0.2, -0.15) is 0 Å². The van der Waals surface area contributed by atoms with Crippen molar-refractivity contribution in [2.45, 2.75) is 37.5 Å². The Morgan fingerprint density at radius 2 is 2.07 bits per heavy atom. The molecule has 1 aliphatic carbocycles. The molecule has 1 aromatic heterocycles. The molecule has 6 nitrogen and oxygen atoms in total. The van der Waals surface area contributed by atoms with Gasteiger partial charge in [-0.1, -0.05) is 18.2 Å². The Morgan fingerprint density at radius 1 is 1.22 bits per heavy atom. The van der Waals surface area contributed by atoms with Gasteiger partial charge in [-0.05, 0) is 55.4 Å². The Hall–Kier alpha value is -2.89. The molecule has 27 heavy (non-hydrogen) atoms. The van der Waals surface area contributed by atoms with Crippen LogP contribution in [0.2, 0.25) is 0 Å². The number of pyridine rings is 1. The highest BCUT2D eigenvalue weighted by Crippen LogP contribution is 2.44. The minimum absolute atomic E-state index is 0.0372. The average Bonchev–Trinajstić information content (AvgIpc) is 3.24. The number of carbonyl (C=O) groups excluding carboxylic acids is 2. The number of hydrogen-bond acceptors (Lipinski definition) is 4. The van der Waals surface area contributed by atoms with Crippen LogP contribution in [-0.4, -0.2) is 29.9 Å². The van der Waals surface area contributed by atoms with Crippen LogP contribution >= 0.6 is 0 Å². The zero-order valence-electron chi connectivity index (χ0n) is 15.1. The third-order valence-electron chi connectivity index (χ3n) is 6.21. The molecule has 3 heterocycles. The van der Waals surface area contributed by atoms with Crippen LogP contribution in [0.15, 0.2) is 30.3 Å². The predicted molar refractivity (Wildman–Crippen MR) is 103 cm³/mol. The first-order valence-electron chi connectivity index (χ1n) is 9.57. The lowest BCUT2D eigenvalue weighted by Gasteiger charge is -2.40. The topological polar surface area (TPSA) is 88.3 Å². The van der Waals surface area contributed by atoms with Gasteiger partial charge in [0.15, 0.2) is 0 Å². The summed E-state index contributed by atoms with van der Waals surface area (Å²) in [6, 6.07) is 9.80. The monoisotopic (exact) mass is 362 g/mol. The number of fused-ring (bicyclic) bond motifs is 3. The van der Waals surface area contributed by atoms with Gasteiger partial charge in [0.2, 0.25) is 5.91 Å². The zero-order valence-corrected chi connectivity index (χ0v) is 15.1. The second-order valence-electron chi connectivity index (χ2n) is 7.79. The third kappa shape index (κ3) is 2.36. The fourth-order valence-corrected chi connectivity index (χ4v) is 4.90. The molecule has 1 fully saturated rings. The SMILES string of the molecule is NC(=O)c1cc2c(nc1N1CCCC3(C1)C(=O)Nc1ccccc13)CCC2. The number of aryl methyl sites for hydroxylation is 2. The van der Waals surface area contributed by atoms with Crippen LogP contribution < -0.4 is 16.0 Å². The molecule has 3 aliphatic rings. The molecular formula is C21H22N4O2. The summed E-state index contributed by atoms with van der Waals surface area (Å²) < 4.78 is 0. The van der Waals surface area contributed by atoms with Crippen LogP contribution in [0.5, 0.6) is 0 Å². The highest BCUT2D eigenvalue weighted by atomic mass is 16.2. The van der Waals surface area contributed by atoms with E-state index >= 15 is 0 Å². The van der Waals surface area contributed by atoms with E-state index < -0.39 is 11.3 Å². The number of piperidine rings is 1. The summed E-state index contributed by atoms with van der Waals surface area (Å²) in [5, 5.41) is 3.03. The first kappa shape index (κ1) is 16.3. The van der Waals surface area contributed by atoms with Crippen LogP contribution in [0.25, 0.3) is 0 Å². The van der Waals surface area contributed by atoms with Gasteiger partial charge in [0.1, 0.15) is 5.82 Å². The van der Waals surface area contributed by atoms with Gasteiger partial charge in [0, 0.05) is 24.5 Å². The summed E-state index contributed by atoms with van der Waals surface area (Å²) in [6.45, 7) is 1.28. The number of nitrogens with zero attached hydrogens (tertiary/aromatic N) is 2. The number of nitrogens with one attached hydrogen (secondary N) is 1. The van der Waals surface area contributed by atoms with Crippen molar-refractivity contribution in [3.05, 3.63) is 52.7 Å². The Labute approximate surface area is 157 Å². The smallest absolute Gasteiger partial charge is 0.252 e. The molecule has 2 aliphatic heterocycles. The molecule has 1 unspecified atom stereocenters. The molecular weight excluding hydrogens is 340 g/mol. The number of aromatic nitrogens is 1. The molecule has 3 N–H and O–H groups in total. The highest BCUT2D eigenvalue weighted by Gasteiger charge is 2.49. The summed E-state index contributed by atoms with van der Waals surface area (Å²) in [7, 11) is 0. The lowest BCUT2D eigenvalue weighted by Crippen LogP contribution is -2.50. The molecule has 1 saturated heterocycles. The minimum atomic E-state index is -0.593. The Bertz CT molecular complexity index is 971. The number of nitrogens with two attached hydrogens (primary N) is 1. The van der Waals surface area contributed by atoms with Crippen LogP contribution in [0.3, 0.4) is 0 Å². The van der Waals surface area contributed by atoms with Crippen LogP contribution in [0.4, 0.5) is 11.5 Å². The number of amides is 2. The van der Waals surface area contributed by atoms with Crippen LogP contribution in [0, 0.1) is 0 Å². The molecule has 2 amide bonds. The van der Waals surface area contributed by atoms with Crippen molar-refractivity contribution in [2.24, 2.45) is 5.73 Å². The van der Waals surface area contributed by atoms with E-state index in [9.17, 15) is 9.59 Å². The average molecular weight is 362 g/mol. The molecule has 2 aromatic rings. The maximum absolute atomic E-state index is 12.9. The largest absolute Gasteiger partial charge is 0.365 e. The van der Waals surface area contributed by atoms with Gasteiger partial charge in [-0.25, -0.2) is 4.98 Å². The molecule has 1 spiro atoms. The Balaban J connectivity index is 1.58. The second-order valence-corrected chi connectivity index (χ2v) is 7.79. The molecule has 0 radical (unpaired) electrons. The lowest BCUT2D eigenvalue weighted by molar-refractivity contribution is -0.121. The fraction of sp³-hybridized carbons (Fsp3) is 0.381. The van der Waals surface area contributed by atoms with Crippen LogP contribution in [-0.2, 0) is 23.1 Å². The van der Waals surface area contributed by atoms with E-state index in [4.69, 9.17) is 10.7 Å². The first-order valence-corrected chi connectivity index (χ1v) is 9.57. The predicted octanol–water partition coefficient (Wildman–Crippen LogP) is 2.16. The van der Waals surface area contributed by atoms with Crippen molar-refractivity contribution in [3.8, 4) is 0 Å². The van der Waals surface area contributed by atoms with Gasteiger partial charge in [0.25, 0.3) is 5.91 Å². The molecule has 6 heteroatoms. The Kier molecular flexibility index (Phi) is 3.50. The van der Waals surface area contributed by atoms with E-state index in [1.807, 2.05) is 30.3 Å².